The zero-order chi connectivity index (χ0) is 14.8. The minimum atomic E-state index is -4.46. The Bertz CT molecular complexity index is 467. The molecule has 0 aromatic carbocycles. The van der Waals surface area contributed by atoms with Crippen molar-refractivity contribution in [2.45, 2.75) is 37.9 Å². The van der Waals surface area contributed by atoms with Crippen molar-refractivity contribution < 1.29 is 18.3 Å². The lowest BCUT2D eigenvalue weighted by atomic mass is 10.1. The summed E-state index contributed by atoms with van der Waals surface area (Å²) in [5.74, 6) is 0.186. The molecule has 7 heteroatoms. The average Bonchev–Trinajstić information content (AvgIpc) is 2.61. The van der Waals surface area contributed by atoms with Gasteiger partial charge >= 0.3 is 6.18 Å². The molecule has 2 heterocycles. The lowest BCUT2D eigenvalue weighted by molar-refractivity contribution is -0.137. The first-order valence-electron chi connectivity index (χ1n) is 6.54. The molecule has 1 aliphatic heterocycles. The fourth-order valence-electron chi connectivity index (χ4n) is 2.46. The summed E-state index contributed by atoms with van der Waals surface area (Å²) in [5.41, 5.74) is -0.812. The number of aliphatic hydroxyl groups excluding tert-OH is 1. The maximum absolute atomic E-state index is 12.8. The molecule has 1 aromatic heterocycles. The molecule has 1 unspecified atom stereocenters. The van der Waals surface area contributed by atoms with Gasteiger partial charge in [-0.15, -0.1) is 0 Å². The number of nitrogens with zero attached hydrogens (tertiary/aromatic N) is 2. The van der Waals surface area contributed by atoms with Crippen molar-refractivity contribution >= 4 is 17.4 Å². The van der Waals surface area contributed by atoms with Crippen molar-refractivity contribution in [3.05, 3.63) is 22.8 Å². The van der Waals surface area contributed by atoms with Crippen molar-refractivity contribution in [1.82, 2.24) is 4.98 Å². The fraction of sp³-hybridized carbons (Fsp3) is 0.615. The molecule has 1 atom stereocenters. The summed E-state index contributed by atoms with van der Waals surface area (Å²) < 4.78 is 38.5. The molecule has 0 amide bonds. The van der Waals surface area contributed by atoms with Crippen LogP contribution in [-0.2, 0) is 6.18 Å². The van der Waals surface area contributed by atoms with Crippen LogP contribution < -0.4 is 4.90 Å². The van der Waals surface area contributed by atoms with Crippen LogP contribution in [0.5, 0.6) is 0 Å². The van der Waals surface area contributed by atoms with E-state index >= 15 is 0 Å². The number of hydrogen-bond donors (Lipinski definition) is 1. The second-order valence-corrected chi connectivity index (χ2v) is 5.30. The molecule has 112 valence electrons. The summed E-state index contributed by atoms with van der Waals surface area (Å²) in [6.45, 7) is 0.478. The number of pyridine rings is 1. The van der Waals surface area contributed by atoms with Crippen LogP contribution in [0.25, 0.3) is 0 Å². The largest absolute Gasteiger partial charge is 0.416 e. The second-order valence-electron chi connectivity index (χ2n) is 4.91. The summed E-state index contributed by atoms with van der Waals surface area (Å²) in [5, 5.41) is 9.24. The number of aliphatic hydroxyl groups is 1. The van der Waals surface area contributed by atoms with Crippen molar-refractivity contribution in [2.24, 2.45) is 0 Å². The van der Waals surface area contributed by atoms with Gasteiger partial charge in [-0.2, -0.15) is 13.2 Å². The average molecular weight is 309 g/mol. The molecule has 0 aliphatic carbocycles. The Balaban J connectivity index is 2.37. The van der Waals surface area contributed by atoms with E-state index < -0.39 is 11.7 Å². The van der Waals surface area contributed by atoms with Crippen molar-refractivity contribution in [2.75, 3.05) is 18.1 Å². The first-order valence-corrected chi connectivity index (χ1v) is 6.92. The number of anilines is 1. The maximum Gasteiger partial charge on any atom is 0.416 e. The molecule has 1 aromatic rings. The summed E-state index contributed by atoms with van der Waals surface area (Å²) in [6, 6.07) is 1.61. The van der Waals surface area contributed by atoms with E-state index in [0.29, 0.717) is 6.54 Å². The molecule has 1 fully saturated rings. The number of aromatic nitrogens is 1. The molecule has 20 heavy (non-hydrogen) atoms. The van der Waals surface area contributed by atoms with E-state index in [0.717, 1.165) is 37.8 Å². The zero-order valence-electron chi connectivity index (χ0n) is 10.8. The van der Waals surface area contributed by atoms with Crippen LogP contribution >= 0.6 is 11.6 Å². The molecular formula is C13H16ClF3N2O. The third kappa shape index (κ3) is 3.55. The van der Waals surface area contributed by atoms with E-state index in [4.69, 9.17) is 11.6 Å². The minimum absolute atomic E-state index is 0.102. The smallest absolute Gasteiger partial charge is 0.394 e. The van der Waals surface area contributed by atoms with Crippen LogP contribution in [0, 0.1) is 0 Å². The Hall–Kier alpha value is -1.01. The van der Waals surface area contributed by atoms with Crippen molar-refractivity contribution in [3.8, 4) is 0 Å². The highest BCUT2D eigenvalue weighted by Gasteiger charge is 2.33. The van der Waals surface area contributed by atoms with E-state index in [1.54, 1.807) is 4.90 Å². The minimum Gasteiger partial charge on any atom is -0.394 e. The van der Waals surface area contributed by atoms with Gasteiger partial charge in [0.2, 0.25) is 0 Å². The number of halogens is 4. The zero-order valence-corrected chi connectivity index (χ0v) is 11.6. The normalized spacial score (nSPS) is 20.9. The van der Waals surface area contributed by atoms with Crippen molar-refractivity contribution in [3.63, 3.8) is 0 Å². The monoisotopic (exact) mass is 308 g/mol. The predicted octanol–water partition coefficient (Wildman–Crippen LogP) is 3.50. The summed E-state index contributed by atoms with van der Waals surface area (Å²) >= 11 is 5.71. The summed E-state index contributed by atoms with van der Waals surface area (Å²) in [6.07, 6.45) is -0.895. The van der Waals surface area contributed by atoms with Crippen LogP contribution in [0.4, 0.5) is 19.0 Å². The summed E-state index contributed by atoms with van der Waals surface area (Å²) in [4.78, 5) is 5.72. The van der Waals surface area contributed by atoms with Gasteiger partial charge in [0.05, 0.1) is 18.2 Å². The van der Waals surface area contributed by atoms with Gasteiger partial charge in [0, 0.05) is 6.54 Å². The number of rotatable bonds is 2. The molecule has 0 radical (unpaired) electrons. The SMILES string of the molecule is OCC1CCCCCN1c1cc(C(F)(F)F)cc(Cl)n1. The van der Waals surface area contributed by atoms with Gasteiger partial charge in [-0.25, -0.2) is 4.98 Å². The Morgan fingerprint density at radius 1 is 1.30 bits per heavy atom. The Morgan fingerprint density at radius 3 is 2.70 bits per heavy atom. The van der Waals surface area contributed by atoms with E-state index in [1.807, 2.05) is 0 Å². The third-order valence-electron chi connectivity index (χ3n) is 3.49. The lowest BCUT2D eigenvalue weighted by Crippen LogP contribution is -2.38. The van der Waals surface area contributed by atoms with Crippen LogP contribution in [0.2, 0.25) is 5.15 Å². The summed E-state index contributed by atoms with van der Waals surface area (Å²) in [7, 11) is 0. The van der Waals surface area contributed by atoms with Crippen LogP contribution in [0.15, 0.2) is 12.1 Å². The van der Waals surface area contributed by atoms with Gasteiger partial charge in [0.15, 0.2) is 0 Å². The quantitative estimate of drug-likeness (QED) is 0.850. The Labute approximate surface area is 120 Å². The Morgan fingerprint density at radius 2 is 2.05 bits per heavy atom. The predicted molar refractivity (Wildman–Crippen MR) is 70.9 cm³/mol. The lowest BCUT2D eigenvalue weighted by Gasteiger charge is -2.30. The van der Waals surface area contributed by atoms with Gasteiger partial charge in [-0.3, -0.25) is 0 Å². The van der Waals surface area contributed by atoms with E-state index in [-0.39, 0.29) is 23.6 Å². The van der Waals surface area contributed by atoms with Crippen LogP contribution in [0.1, 0.15) is 31.2 Å². The molecule has 1 saturated heterocycles. The number of alkyl halides is 3. The molecular weight excluding hydrogens is 293 g/mol. The highest BCUT2D eigenvalue weighted by atomic mass is 35.5. The molecule has 0 spiro atoms. The molecule has 2 rings (SSSR count). The molecule has 3 nitrogen and oxygen atoms in total. The van der Waals surface area contributed by atoms with E-state index in [1.165, 1.54) is 0 Å². The Kier molecular flexibility index (Phi) is 4.75. The first-order chi connectivity index (χ1) is 9.41. The molecule has 1 aliphatic rings. The molecule has 1 N–H and O–H groups in total. The van der Waals surface area contributed by atoms with Gasteiger partial charge in [-0.05, 0) is 25.0 Å². The first kappa shape index (κ1) is 15.4. The van der Waals surface area contributed by atoms with Crippen molar-refractivity contribution in [1.29, 1.82) is 0 Å². The van der Waals surface area contributed by atoms with Crippen LogP contribution in [-0.4, -0.2) is 29.3 Å². The third-order valence-corrected chi connectivity index (χ3v) is 3.68. The van der Waals surface area contributed by atoms with Gasteiger partial charge in [-0.1, -0.05) is 24.4 Å². The molecule has 0 saturated carbocycles. The fourth-order valence-corrected chi connectivity index (χ4v) is 2.67. The van der Waals surface area contributed by atoms with Gasteiger partial charge < -0.3 is 10.0 Å². The highest BCUT2D eigenvalue weighted by Crippen LogP contribution is 2.34. The highest BCUT2D eigenvalue weighted by molar-refractivity contribution is 6.29. The number of hydrogen-bond acceptors (Lipinski definition) is 3. The topological polar surface area (TPSA) is 36.4 Å². The van der Waals surface area contributed by atoms with Gasteiger partial charge in [0.1, 0.15) is 11.0 Å². The standard InChI is InChI=1S/C13H16ClF3N2O/c14-11-6-9(13(15,16)17)7-12(18-11)19-5-3-1-2-4-10(19)8-20/h6-7,10,20H,1-5,8H2. The van der Waals surface area contributed by atoms with Crippen LogP contribution in [0.3, 0.4) is 0 Å². The molecule has 0 bridgehead atoms. The van der Waals surface area contributed by atoms with E-state index in [2.05, 4.69) is 4.98 Å². The second kappa shape index (κ2) is 6.18. The maximum atomic E-state index is 12.8. The van der Waals surface area contributed by atoms with Gasteiger partial charge in [0.25, 0.3) is 0 Å². The van der Waals surface area contributed by atoms with E-state index in [9.17, 15) is 18.3 Å².